The van der Waals surface area contributed by atoms with Crippen LogP contribution in [0.4, 0.5) is 0 Å². The maximum atomic E-state index is 12.1. The number of esters is 1. The topological polar surface area (TPSA) is 43.4 Å². The van der Waals surface area contributed by atoms with Gasteiger partial charge >= 0.3 is 5.97 Å². The predicted octanol–water partition coefficient (Wildman–Crippen LogP) is 2.78. The zero-order chi connectivity index (χ0) is 14.2. The lowest BCUT2D eigenvalue weighted by molar-refractivity contribution is -0.154. The van der Waals surface area contributed by atoms with E-state index in [9.17, 15) is 9.59 Å². The number of hydrogen-bond acceptors (Lipinski definition) is 3. The summed E-state index contributed by atoms with van der Waals surface area (Å²) in [6, 6.07) is 9.99. The first-order valence-corrected chi connectivity index (χ1v) is 6.73. The van der Waals surface area contributed by atoms with Crippen molar-refractivity contribution in [3.05, 3.63) is 54.1 Å². The Bertz CT molecular complexity index is 612. The van der Waals surface area contributed by atoms with Crippen molar-refractivity contribution in [3.63, 3.8) is 0 Å². The fourth-order valence-corrected chi connectivity index (χ4v) is 3.18. The number of methoxy groups -OCH3 is 1. The van der Waals surface area contributed by atoms with Crippen molar-refractivity contribution in [2.75, 3.05) is 7.11 Å². The van der Waals surface area contributed by atoms with E-state index in [0.29, 0.717) is 12.8 Å². The molecule has 3 heteroatoms. The van der Waals surface area contributed by atoms with Crippen LogP contribution in [0.5, 0.6) is 0 Å². The Morgan fingerprint density at radius 2 is 2.05 bits per heavy atom. The minimum atomic E-state index is -0.788. The molecular weight excluding hydrogens is 252 g/mol. The molecule has 2 atom stereocenters. The van der Waals surface area contributed by atoms with Crippen molar-refractivity contribution in [2.24, 2.45) is 11.3 Å². The molecule has 0 heterocycles. The quantitative estimate of drug-likeness (QED) is 0.775. The lowest BCUT2D eigenvalue weighted by Crippen LogP contribution is -2.39. The Morgan fingerprint density at radius 3 is 2.75 bits per heavy atom. The van der Waals surface area contributed by atoms with E-state index in [-0.39, 0.29) is 17.7 Å². The first kappa shape index (κ1) is 12.9. The van der Waals surface area contributed by atoms with Crippen LogP contribution < -0.4 is 0 Å². The zero-order valence-corrected chi connectivity index (χ0v) is 11.3. The Kier molecular flexibility index (Phi) is 3.05. The van der Waals surface area contributed by atoms with E-state index >= 15 is 0 Å². The molecule has 0 bridgehead atoms. The Morgan fingerprint density at radius 1 is 1.30 bits per heavy atom. The van der Waals surface area contributed by atoms with E-state index in [1.54, 1.807) is 6.08 Å². The lowest BCUT2D eigenvalue weighted by atomic mass is 9.68. The molecule has 3 nitrogen and oxygen atoms in total. The van der Waals surface area contributed by atoms with Crippen LogP contribution in [0.3, 0.4) is 0 Å². The molecule has 0 aliphatic heterocycles. The molecule has 0 saturated heterocycles. The Hall–Kier alpha value is -2.16. The number of ketones is 1. The molecule has 0 N–H and O–H groups in total. The van der Waals surface area contributed by atoms with Gasteiger partial charge in [-0.05, 0) is 30.1 Å². The van der Waals surface area contributed by atoms with Gasteiger partial charge in [-0.2, -0.15) is 0 Å². The highest BCUT2D eigenvalue weighted by atomic mass is 16.5. The second-order valence-corrected chi connectivity index (χ2v) is 5.32. The van der Waals surface area contributed by atoms with E-state index < -0.39 is 5.41 Å². The van der Waals surface area contributed by atoms with Crippen molar-refractivity contribution >= 4 is 17.3 Å². The predicted molar refractivity (Wildman–Crippen MR) is 75.7 cm³/mol. The largest absolute Gasteiger partial charge is 0.468 e. The van der Waals surface area contributed by atoms with Crippen LogP contribution in [-0.2, 0) is 14.3 Å². The number of rotatable bonds is 2. The third-order valence-corrected chi connectivity index (χ3v) is 4.33. The van der Waals surface area contributed by atoms with E-state index in [4.69, 9.17) is 4.74 Å². The summed E-state index contributed by atoms with van der Waals surface area (Å²) < 4.78 is 4.91. The second kappa shape index (κ2) is 4.75. The van der Waals surface area contributed by atoms with Gasteiger partial charge in [-0.1, -0.05) is 42.5 Å². The standard InChI is InChI=1S/C17H16O3/c1-20-16(19)17-9-7-13(12-5-3-2-4-6-12)11-14(17)15(18)8-10-17/h2-8,10,14H,9,11H2,1H3/t14-,17-/m1/s1. The third kappa shape index (κ3) is 1.82. The number of hydrogen-bond donors (Lipinski definition) is 0. The Labute approximate surface area is 117 Å². The fraction of sp³-hybridized carbons (Fsp3) is 0.294. The number of allylic oxidation sites excluding steroid dienone is 3. The van der Waals surface area contributed by atoms with Crippen LogP contribution in [0, 0.1) is 11.3 Å². The van der Waals surface area contributed by atoms with Crippen molar-refractivity contribution in [1.82, 2.24) is 0 Å². The number of carbonyl (C=O) groups is 2. The molecular formula is C17H16O3. The number of fused-ring (bicyclic) bond motifs is 1. The summed E-state index contributed by atoms with van der Waals surface area (Å²) in [4.78, 5) is 24.2. The third-order valence-electron chi connectivity index (χ3n) is 4.33. The van der Waals surface area contributed by atoms with Gasteiger partial charge in [0, 0.05) is 5.92 Å². The van der Waals surface area contributed by atoms with Gasteiger partial charge in [0.15, 0.2) is 5.78 Å². The van der Waals surface area contributed by atoms with Crippen LogP contribution in [-0.4, -0.2) is 18.9 Å². The first-order chi connectivity index (χ1) is 9.67. The molecule has 0 amide bonds. The van der Waals surface area contributed by atoms with Crippen molar-refractivity contribution in [3.8, 4) is 0 Å². The van der Waals surface area contributed by atoms with Crippen LogP contribution in [0.25, 0.3) is 5.57 Å². The monoisotopic (exact) mass is 268 g/mol. The van der Waals surface area contributed by atoms with Crippen molar-refractivity contribution in [2.45, 2.75) is 12.8 Å². The summed E-state index contributed by atoms with van der Waals surface area (Å²) in [5.41, 5.74) is 1.46. The van der Waals surface area contributed by atoms with Gasteiger partial charge in [-0.25, -0.2) is 0 Å². The summed E-state index contributed by atoms with van der Waals surface area (Å²) >= 11 is 0. The fourth-order valence-electron chi connectivity index (χ4n) is 3.18. The molecule has 1 aromatic rings. The SMILES string of the molecule is COC(=O)[C@]12C=CC(=O)[C@H]1CC(c1ccccc1)=CC2. The van der Waals surface area contributed by atoms with E-state index in [2.05, 4.69) is 6.08 Å². The molecule has 102 valence electrons. The lowest BCUT2D eigenvalue weighted by Gasteiger charge is -2.34. The van der Waals surface area contributed by atoms with Crippen LogP contribution in [0.2, 0.25) is 0 Å². The van der Waals surface area contributed by atoms with Gasteiger partial charge in [0.2, 0.25) is 0 Å². The smallest absolute Gasteiger partial charge is 0.316 e. The highest BCUT2D eigenvalue weighted by Gasteiger charge is 2.52. The summed E-state index contributed by atoms with van der Waals surface area (Å²) in [7, 11) is 1.38. The summed E-state index contributed by atoms with van der Waals surface area (Å²) in [5, 5.41) is 0. The molecule has 0 saturated carbocycles. The molecule has 0 fully saturated rings. The minimum Gasteiger partial charge on any atom is -0.468 e. The van der Waals surface area contributed by atoms with Crippen LogP contribution in [0.15, 0.2) is 48.6 Å². The van der Waals surface area contributed by atoms with Gasteiger partial charge in [0.25, 0.3) is 0 Å². The molecule has 1 aromatic carbocycles. The summed E-state index contributed by atoms with van der Waals surface area (Å²) in [6.45, 7) is 0. The molecule has 2 aliphatic rings. The van der Waals surface area contributed by atoms with Crippen molar-refractivity contribution in [1.29, 1.82) is 0 Å². The maximum Gasteiger partial charge on any atom is 0.316 e. The number of ether oxygens (including phenoxy) is 1. The molecule has 2 aliphatic carbocycles. The van der Waals surface area contributed by atoms with Gasteiger partial charge in [-0.3, -0.25) is 9.59 Å². The highest BCUT2D eigenvalue weighted by molar-refractivity contribution is 6.03. The van der Waals surface area contributed by atoms with E-state index in [0.717, 1.165) is 11.1 Å². The van der Waals surface area contributed by atoms with E-state index in [1.165, 1.54) is 13.2 Å². The molecule has 0 aromatic heterocycles. The zero-order valence-electron chi connectivity index (χ0n) is 11.3. The van der Waals surface area contributed by atoms with Gasteiger partial charge in [0.1, 0.15) is 5.41 Å². The average molecular weight is 268 g/mol. The molecule has 0 unspecified atom stereocenters. The van der Waals surface area contributed by atoms with Gasteiger partial charge in [0.05, 0.1) is 7.11 Å². The highest BCUT2D eigenvalue weighted by Crippen LogP contribution is 2.48. The normalized spacial score (nSPS) is 27.9. The number of benzene rings is 1. The molecule has 0 spiro atoms. The van der Waals surface area contributed by atoms with Crippen molar-refractivity contribution < 1.29 is 14.3 Å². The van der Waals surface area contributed by atoms with Crippen LogP contribution >= 0.6 is 0 Å². The maximum absolute atomic E-state index is 12.1. The van der Waals surface area contributed by atoms with Gasteiger partial charge in [-0.15, -0.1) is 0 Å². The van der Waals surface area contributed by atoms with Gasteiger partial charge < -0.3 is 4.74 Å². The minimum absolute atomic E-state index is 0.0249. The molecule has 3 rings (SSSR count). The average Bonchev–Trinajstić information content (AvgIpc) is 2.85. The molecule has 0 radical (unpaired) electrons. The summed E-state index contributed by atoms with van der Waals surface area (Å²) in [6.07, 6.45) is 6.43. The first-order valence-electron chi connectivity index (χ1n) is 6.73. The van der Waals surface area contributed by atoms with E-state index in [1.807, 2.05) is 30.3 Å². The van der Waals surface area contributed by atoms with Crippen LogP contribution in [0.1, 0.15) is 18.4 Å². The second-order valence-electron chi connectivity index (χ2n) is 5.32. The Balaban J connectivity index is 1.97. The summed E-state index contributed by atoms with van der Waals surface area (Å²) in [5.74, 6) is -0.611. The molecule has 20 heavy (non-hydrogen) atoms. The number of carbonyl (C=O) groups excluding carboxylic acids is 2.